The second-order valence-corrected chi connectivity index (χ2v) is 3.38. The first-order valence-electron chi connectivity index (χ1n) is 4.63. The van der Waals surface area contributed by atoms with E-state index in [1.807, 2.05) is 0 Å². The number of Topliss-reactive ketones (excluding diaryl/α,β-unsaturated/α-hetero) is 1. The lowest BCUT2D eigenvalue weighted by atomic mass is 9.97. The van der Waals surface area contributed by atoms with E-state index < -0.39 is 0 Å². The fourth-order valence-electron chi connectivity index (χ4n) is 1.51. The highest BCUT2D eigenvalue weighted by atomic mass is 16.5. The standard InChI is InChI=1S/C8H12N4O2/c1-12-10-8(9-11-12)7(13)6-3-2-4-14-5-6/h6H,2-5H2,1H3. The summed E-state index contributed by atoms with van der Waals surface area (Å²) in [4.78, 5) is 13.0. The smallest absolute Gasteiger partial charge is 0.240 e. The number of rotatable bonds is 2. The molecule has 0 spiro atoms. The van der Waals surface area contributed by atoms with Gasteiger partial charge in [-0.2, -0.15) is 4.80 Å². The quantitative estimate of drug-likeness (QED) is 0.613. The van der Waals surface area contributed by atoms with Crippen LogP contribution in [0.5, 0.6) is 0 Å². The first-order valence-corrected chi connectivity index (χ1v) is 4.63. The summed E-state index contributed by atoms with van der Waals surface area (Å²) in [7, 11) is 1.64. The van der Waals surface area contributed by atoms with Gasteiger partial charge in [0, 0.05) is 12.5 Å². The number of carbonyl (C=O) groups is 1. The van der Waals surface area contributed by atoms with Gasteiger partial charge in [-0.1, -0.05) is 0 Å². The minimum absolute atomic E-state index is 0.0576. The predicted molar refractivity (Wildman–Crippen MR) is 46.7 cm³/mol. The maximum atomic E-state index is 11.8. The maximum absolute atomic E-state index is 11.8. The average molecular weight is 196 g/mol. The summed E-state index contributed by atoms with van der Waals surface area (Å²) in [5, 5.41) is 11.2. The van der Waals surface area contributed by atoms with Gasteiger partial charge in [0.15, 0.2) is 0 Å². The molecule has 2 heterocycles. The van der Waals surface area contributed by atoms with Crippen molar-refractivity contribution in [1.29, 1.82) is 0 Å². The van der Waals surface area contributed by atoms with Crippen molar-refractivity contribution in [2.45, 2.75) is 12.8 Å². The highest BCUT2D eigenvalue weighted by molar-refractivity contribution is 5.94. The molecule has 0 radical (unpaired) electrons. The van der Waals surface area contributed by atoms with Crippen LogP contribution < -0.4 is 0 Å². The number of ether oxygens (including phenoxy) is 1. The largest absolute Gasteiger partial charge is 0.381 e. The molecule has 14 heavy (non-hydrogen) atoms. The van der Waals surface area contributed by atoms with E-state index in [2.05, 4.69) is 15.4 Å². The topological polar surface area (TPSA) is 69.9 Å². The maximum Gasteiger partial charge on any atom is 0.240 e. The summed E-state index contributed by atoms with van der Waals surface area (Å²) in [5.74, 6) is 0.0498. The molecule has 1 fully saturated rings. The summed E-state index contributed by atoms with van der Waals surface area (Å²) >= 11 is 0. The second-order valence-electron chi connectivity index (χ2n) is 3.38. The van der Waals surface area contributed by atoms with E-state index in [1.165, 1.54) is 4.80 Å². The molecular weight excluding hydrogens is 184 g/mol. The Morgan fingerprint density at radius 1 is 1.64 bits per heavy atom. The van der Waals surface area contributed by atoms with E-state index in [9.17, 15) is 4.79 Å². The van der Waals surface area contributed by atoms with Crippen LogP contribution in [0.15, 0.2) is 0 Å². The minimum atomic E-state index is -0.0899. The highest BCUT2D eigenvalue weighted by Crippen LogP contribution is 2.16. The zero-order valence-corrected chi connectivity index (χ0v) is 8.01. The second kappa shape index (κ2) is 3.83. The number of nitrogens with zero attached hydrogens (tertiary/aromatic N) is 4. The van der Waals surface area contributed by atoms with E-state index in [0.717, 1.165) is 19.4 Å². The number of aromatic nitrogens is 4. The SMILES string of the molecule is Cn1nnc(C(=O)C2CCCOC2)n1. The van der Waals surface area contributed by atoms with Crippen molar-refractivity contribution in [2.24, 2.45) is 13.0 Å². The lowest BCUT2D eigenvalue weighted by molar-refractivity contribution is 0.0454. The molecule has 1 aromatic rings. The van der Waals surface area contributed by atoms with Crippen molar-refractivity contribution in [3.8, 4) is 0 Å². The Morgan fingerprint density at radius 3 is 3.07 bits per heavy atom. The van der Waals surface area contributed by atoms with Gasteiger partial charge in [-0.15, -0.1) is 10.2 Å². The van der Waals surface area contributed by atoms with Gasteiger partial charge >= 0.3 is 0 Å². The molecule has 0 amide bonds. The molecule has 1 unspecified atom stereocenters. The number of hydrogen-bond donors (Lipinski definition) is 0. The fourth-order valence-corrected chi connectivity index (χ4v) is 1.51. The van der Waals surface area contributed by atoms with Crippen molar-refractivity contribution >= 4 is 5.78 Å². The Kier molecular flexibility index (Phi) is 2.53. The Balaban J connectivity index is 2.07. The molecular formula is C8H12N4O2. The van der Waals surface area contributed by atoms with Crippen molar-refractivity contribution < 1.29 is 9.53 Å². The molecule has 76 valence electrons. The lowest BCUT2D eigenvalue weighted by Gasteiger charge is -2.19. The van der Waals surface area contributed by atoms with Crippen LogP contribution in [0.3, 0.4) is 0 Å². The molecule has 0 aliphatic carbocycles. The summed E-state index contributed by atoms with van der Waals surface area (Å²) in [5.41, 5.74) is 0. The van der Waals surface area contributed by atoms with Crippen LogP contribution in [-0.4, -0.2) is 39.2 Å². The monoisotopic (exact) mass is 196 g/mol. The summed E-state index contributed by atoms with van der Waals surface area (Å²) in [6, 6.07) is 0. The zero-order valence-electron chi connectivity index (χ0n) is 8.01. The highest BCUT2D eigenvalue weighted by Gasteiger charge is 2.26. The molecule has 1 aliphatic rings. The van der Waals surface area contributed by atoms with Crippen LogP contribution in [0.4, 0.5) is 0 Å². The van der Waals surface area contributed by atoms with E-state index in [4.69, 9.17) is 4.74 Å². The normalized spacial score (nSPS) is 22.2. The van der Waals surface area contributed by atoms with Crippen molar-refractivity contribution in [3.05, 3.63) is 5.82 Å². The lowest BCUT2D eigenvalue weighted by Crippen LogP contribution is -2.26. The molecule has 0 bridgehead atoms. The molecule has 2 rings (SSSR count). The number of hydrogen-bond acceptors (Lipinski definition) is 5. The third-order valence-electron chi connectivity index (χ3n) is 2.26. The Bertz CT molecular complexity index is 330. The third kappa shape index (κ3) is 1.79. The van der Waals surface area contributed by atoms with Gasteiger partial charge in [0.25, 0.3) is 0 Å². The van der Waals surface area contributed by atoms with Gasteiger partial charge in [-0.05, 0) is 18.1 Å². The van der Waals surface area contributed by atoms with Crippen molar-refractivity contribution in [1.82, 2.24) is 20.2 Å². The predicted octanol–water partition coefficient (Wildman–Crippen LogP) is -0.181. The van der Waals surface area contributed by atoms with E-state index >= 15 is 0 Å². The van der Waals surface area contributed by atoms with Gasteiger partial charge < -0.3 is 4.74 Å². The molecule has 1 atom stereocenters. The van der Waals surface area contributed by atoms with Crippen LogP contribution in [0, 0.1) is 5.92 Å². The van der Waals surface area contributed by atoms with Crippen molar-refractivity contribution in [3.63, 3.8) is 0 Å². The average Bonchev–Trinajstić information content (AvgIpc) is 2.65. The van der Waals surface area contributed by atoms with Gasteiger partial charge in [0.1, 0.15) is 0 Å². The van der Waals surface area contributed by atoms with Crippen LogP contribution in [0.1, 0.15) is 23.5 Å². The number of ketones is 1. The van der Waals surface area contributed by atoms with E-state index in [0.29, 0.717) is 6.61 Å². The first-order chi connectivity index (χ1) is 6.77. The van der Waals surface area contributed by atoms with Crippen LogP contribution in [-0.2, 0) is 11.8 Å². The van der Waals surface area contributed by atoms with Gasteiger partial charge in [-0.25, -0.2) is 0 Å². The van der Waals surface area contributed by atoms with Gasteiger partial charge in [0.05, 0.1) is 13.7 Å². The van der Waals surface area contributed by atoms with E-state index in [1.54, 1.807) is 7.05 Å². The summed E-state index contributed by atoms with van der Waals surface area (Å²) in [6.07, 6.45) is 1.79. The van der Waals surface area contributed by atoms with E-state index in [-0.39, 0.29) is 17.5 Å². The minimum Gasteiger partial charge on any atom is -0.381 e. The molecule has 0 aromatic carbocycles. The zero-order chi connectivity index (χ0) is 9.97. The molecule has 1 aromatic heterocycles. The van der Waals surface area contributed by atoms with Gasteiger partial charge in [-0.3, -0.25) is 4.79 Å². The molecule has 0 saturated carbocycles. The Labute approximate surface area is 81.2 Å². The van der Waals surface area contributed by atoms with Crippen LogP contribution in [0.2, 0.25) is 0 Å². The Morgan fingerprint density at radius 2 is 2.50 bits per heavy atom. The molecule has 1 saturated heterocycles. The third-order valence-corrected chi connectivity index (χ3v) is 2.26. The molecule has 6 heteroatoms. The molecule has 1 aliphatic heterocycles. The summed E-state index contributed by atoms with van der Waals surface area (Å²) in [6.45, 7) is 1.23. The molecule has 6 nitrogen and oxygen atoms in total. The molecule has 0 N–H and O–H groups in total. The van der Waals surface area contributed by atoms with Crippen LogP contribution >= 0.6 is 0 Å². The number of aryl methyl sites for hydroxylation is 1. The Hall–Kier alpha value is -1.30. The fraction of sp³-hybridized carbons (Fsp3) is 0.750. The number of carbonyl (C=O) groups excluding carboxylic acids is 1. The van der Waals surface area contributed by atoms with Crippen LogP contribution in [0.25, 0.3) is 0 Å². The number of tetrazole rings is 1. The van der Waals surface area contributed by atoms with Gasteiger partial charge in [0.2, 0.25) is 11.6 Å². The summed E-state index contributed by atoms with van der Waals surface area (Å²) < 4.78 is 5.23. The van der Waals surface area contributed by atoms with Crippen molar-refractivity contribution in [2.75, 3.05) is 13.2 Å². The first kappa shape index (κ1) is 9.26.